The number of carbonyl (C=O) groups is 2. The van der Waals surface area contributed by atoms with Crippen LogP contribution in [-0.2, 0) is 9.59 Å². The van der Waals surface area contributed by atoms with Gasteiger partial charge in [0.1, 0.15) is 0 Å². The number of hydrogen-bond acceptors (Lipinski definition) is 2. The van der Waals surface area contributed by atoms with Crippen molar-refractivity contribution in [2.75, 3.05) is 10.6 Å². The van der Waals surface area contributed by atoms with Crippen LogP contribution in [0.15, 0.2) is 84.9 Å². The molecular weight excluding hydrogens is 324 g/mol. The number of amides is 2. The molecule has 3 aromatic rings. The topological polar surface area (TPSA) is 58.2 Å². The van der Waals surface area contributed by atoms with Gasteiger partial charge in [-0.3, -0.25) is 9.59 Å². The molecule has 0 atom stereocenters. The molecule has 130 valence electrons. The van der Waals surface area contributed by atoms with E-state index in [9.17, 15) is 9.59 Å². The first kappa shape index (κ1) is 17.4. The van der Waals surface area contributed by atoms with Crippen LogP contribution in [0.1, 0.15) is 24.0 Å². The van der Waals surface area contributed by atoms with E-state index in [1.165, 1.54) is 6.92 Å². The van der Waals surface area contributed by atoms with Gasteiger partial charge in [-0.1, -0.05) is 66.7 Å². The summed E-state index contributed by atoms with van der Waals surface area (Å²) in [5, 5.41) is 5.68. The van der Waals surface area contributed by atoms with Crippen molar-refractivity contribution in [2.45, 2.75) is 12.8 Å². The predicted octanol–water partition coefficient (Wildman–Crippen LogP) is 4.42. The lowest BCUT2D eigenvalue weighted by Gasteiger charge is -2.18. The minimum atomic E-state index is -0.415. The van der Waals surface area contributed by atoms with E-state index in [4.69, 9.17) is 0 Å². The number of anilines is 2. The van der Waals surface area contributed by atoms with Crippen molar-refractivity contribution in [3.8, 4) is 0 Å². The SMILES string of the molecule is CC(=O)Nc1cccc(NC(=O)C(c2ccccc2)c2ccccc2)c1. The first-order valence-corrected chi connectivity index (χ1v) is 8.42. The molecule has 0 radical (unpaired) electrons. The second-order valence-electron chi connectivity index (χ2n) is 6.01. The molecule has 2 N–H and O–H groups in total. The van der Waals surface area contributed by atoms with Crippen molar-refractivity contribution in [3.63, 3.8) is 0 Å². The minimum Gasteiger partial charge on any atom is -0.326 e. The Kier molecular flexibility index (Phi) is 5.44. The first-order chi connectivity index (χ1) is 12.6. The highest BCUT2D eigenvalue weighted by Crippen LogP contribution is 2.26. The molecule has 0 bridgehead atoms. The number of hydrogen-bond donors (Lipinski definition) is 2. The van der Waals surface area contributed by atoms with Gasteiger partial charge in [-0.05, 0) is 29.3 Å². The van der Waals surface area contributed by atoms with Crippen molar-refractivity contribution in [1.82, 2.24) is 0 Å². The molecule has 0 unspecified atom stereocenters. The lowest BCUT2D eigenvalue weighted by Crippen LogP contribution is -2.22. The van der Waals surface area contributed by atoms with E-state index >= 15 is 0 Å². The number of rotatable bonds is 5. The predicted molar refractivity (Wildman–Crippen MR) is 104 cm³/mol. The van der Waals surface area contributed by atoms with E-state index in [-0.39, 0.29) is 11.8 Å². The van der Waals surface area contributed by atoms with Gasteiger partial charge in [0, 0.05) is 18.3 Å². The smallest absolute Gasteiger partial charge is 0.236 e. The third-order valence-corrected chi connectivity index (χ3v) is 3.98. The van der Waals surface area contributed by atoms with Crippen LogP contribution in [0.2, 0.25) is 0 Å². The van der Waals surface area contributed by atoms with Crippen molar-refractivity contribution in [2.24, 2.45) is 0 Å². The molecular formula is C22H20N2O2. The molecule has 0 heterocycles. The fraction of sp³-hybridized carbons (Fsp3) is 0.0909. The van der Waals surface area contributed by atoms with Crippen LogP contribution >= 0.6 is 0 Å². The number of carbonyl (C=O) groups excluding carboxylic acids is 2. The van der Waals surface area contributed by atoms with Crippen LogP contribution in [0.25, 0.3) is 0 Å². The second-order valence-corrected chi connectivity index (χ2v) is 6.01. The van der Waals surface area contributed by atoms with Gasteiger partial charge in [0.15, 0.2) is 0 Å². The molecule has 3 rings (SSSR count). The van der Waals surface area contributed by atoms with E-state index in [0.29, 0.717) is 11.4 Å². The lowest BCUT2D eigenvalue weighted by atomic mass is 9.90. The molecule has 0 spiro atoms. The maximum absolute atomic E-state index is 13.0. The van der Waals surface area contributed by atoms with E-state index in [0.717, 1.165) is 11.1 Å². The fourth-order valence-electron chi connectivity index (χ4n) is 2.88. The molecule has 0 fully saturated rings. The summed E-state index contributed by atoms with van der Waals surface area (Å²) >= 11 is 0. The zero-order chi connectivity index (χ0) is 18.4. The normalized spacial score (nSPS) is 10.4. The lowest BCUT2D eigenvalue weighted by molar-refractivity contribution is -0.117. The molecule has 0 aliphatic rings. The van der Waals surface area contributed by atoms with Crippen LogP contribution in [0.5, 0.6) is 0 Å². The molecule has 4 nitrogen and oxygen atoms in total. The Morgan fingerprint density at radius 2 is 1.19 bits per heavy atom. The zero-order valence-corrected chi connectivity index (χ0v) is 14.5. The Balaban J connectivity index is 1.88. The largest absolute Gasteiger partial charge is 0.326 e. The van der Waals surface area contributed by atoms with Gasteiger partial charge in [-0.2, -0.15) is 0 Å². The molecule has 26 heavy (non-hydrogen) atoms. The van der Waals surface area contributed by atoms with Crippen molar-refractivity contribution < 1.29 is 9.59 Å². The summed E-state index contributed by atoms with van der Waals surface area (Å²) in [6.45, 7) is 1.45. The standard InChI is InChI=1S/C22H20N2O2/c1-16(25)23-19-13-8-14-20(15-19)24-22(26)21(17-9-4-2-5-10-17)18-11-6-3-7-12-18/h2-15,21H,1H3,(H,23,25)(H,24,26). The van der Waals surface area contributed by atoms with Crippen LogP contribution in [0.3, 0.4) is 0 Å². The Labute approximate surface area is 152 Å². The third-order valence-electron chi connectivity index (χ3n) is 3.98. The molecule has 0 saturated carbocycles. The second kappa shape index (κ2) is 8.12. The first-order valence-electron chi connectivity index (χ1n) is 8.42. The van der Waals surface area contributed by atoms with Gasteiger partial charge in [0.2, 0.25) is 11.8 Å². The molecule has 0 saturated heterocycles. The quantitative estimate of drug-likeness (QED) is 0.720. The fourth-order valence-corrected chi connectivity index (χ4v) is 2.88. The van der Waals surface area contributed by atoms with Crippen LogP contribution in [0.4, 0.5) is 11.4 Å². The summed E-state index contributed by atoms with van der Waals surface area (Å²) in [5.74, 6) is -0.691. The van der Waals surface area contributed by atoms with Gasteiger partial charge in [-0.25, -0.2) is 0 Å². The van der Waals surface area contributed by atoms with Crippen molar-refractivity contribution >= 4 is 23.2 Å². The number of nitrogens with one attached hydrogen (secondary N) is 2. The van der Waals surface area contributed by atoms with Gasteiger partial charge >= 0.3 is 0 Å². The van der Waals surface area contributed by atoms with Gasteiger partial charge in [-0.15, -0.1) is 0 Å². The van der Waals surface area contributed by atoms with Gasteiger partial charge in [0.25, 0.3) is 0 Å². The average Bonchev–Trinajstić information content (AvgIpc) is 2.63. The van der Waals surface area contributed by atoms with Crippen LogP contribution in [0, 0.1) is 0 Å². The molecule has 2 amide bonds. The van der Waals surface area contributed by atoms with Crippen LogP contribution in [-0.4, -0.2) is 11.8 Å². The molecule has 0 aliphatic carbocycles. The number of benzene rings is 3. The van der Waals surface area contributed by atoms with Gasteiger partial charge in [0.05, 0.1) is 5.92 Å². The summed E-state index contributed by atoms with van der Waals surface area (Å²) in [6.07, 6.45) is 0. The maximum atomic E-state index is 13.0. The summed E-state index contributed by atoms with van der Waals surface area (Å²) < 4.78 is 0. The molecule has 0 aliphatic heterocycles. The zero-order valence-electron chi connectivity index (χ0n) is 14.5. The van der Waals surface area contributed by atoms with Crippen molar-refractivity contribution in [3.05, 3.63) is 96.1 Å². The van der Waals surface area contributed by atoms with Crippen molar-refractivity contribution in [1.29, 1.82) is 0 Å². The summed E-state index contributed by atoms with van der Waals surface area (Å²) in [7, 11) is 0. The molecule has 4 heteroatoms. The highest BCUT2D eigenvalue weighted by Gasteiger charge is 2.22. The minimum absolute atomic E-state index is 0.123. The maximum Gasteiger partial charge on any atom is 0.236 e. The summed E-state index contributed by atoms with van der Waals surface area (Å²) in [6, 6.07) is 26.5. The van der Waals surface area contributed by atoms with Gasteiger partial charge < -0.3 is 10.6 Å². The monoisotopic (exact) mass is 344 g/mol. The Hall–Kier alpha value is -3.40. The Morgan fingerprint density at radius 1 is 0.692 bits per heavy atom. The summed E-state index contributed by atoms with van der Waals surface area (Å²) in [5.41, 5.74) is 3.13. The molecule has 3 aromatic carbocycles. The Morgan fingerprint density at radius 3 is 1.69 bits per heavy atom. The highest BCUT2D eigenvalue weighted by atomic mass is 16.2. The van der Waals surface area contributed by atoms with Crippen LogP contribution < -0.4 is 10.6 Å². The molecule has 0 aromatic heterocycles. The van der Waals surface area contributed by atoms with E-state index in [1.807, 2.05) is 60.7 Å². The van der Waals surface area contributed by atoms with E-state index in [1.54, 1.807) is 24.3 Å². The third kappa shape index (κ3) is 4.36. The average molecular weight is 344 g/mol. The summed E-state index contributed by atoms with van der Waals surface area (Å²) in [4.78, 5) is 24.3. The van der Waals surface area contributed by atoms with E-state index < -0.39 is 5.92 Å². The van der Waals surface area contributed by atoms with E-state index in [2.05, 4.69) is 10.6 Å². The highest BCUT2D eigenvalue weighted by molar-refractivity contribution is 5.99. The Bertz CT molecular complexity index is 853.